The predicted molar refractivity (Wildman–Crippen MR) is 124 cm³/mol. The van der Waals surface area contributed by atoms with Crippen LogP contribution < -0.4 is 5.32 Å². The summed E-state index contributed by atoms with van der Waals surface area (Å²) in [6.07, 6.45) is 0. The van der Waals surface area contributed by atoms with Gasteiger partial charge in [0.2, 0.25) is 0 Å². The van der Waals surface area contributed by atoms with Gasteiger partial charge in [-0.1, -0.05) is 30.0 Å². The van der Waals surface area contributed by atoms with Crippen LogP contribution in [0.25, 0.3) is 10.9 Å². The van der Waals surface area contributed by atoms with Crippen molar-refractivity contribution in [3.8, 4) is 11.8 Å². The largest absolute Gasteiger partial charge is 0.379 e. The molecule has 1 saturated heterocycles. The highest BCUT2D eigenvalue weighted by molar-refractivity contribution is 5.93. The third kappa shape index (κ3) is 4.54. The predicted octanol–water partition coefficient (Wildman–Crippen LogP) is 4.67. The van der Waals surface area contributed by atoms with Crippen LogP contribution in [0, 0.1) is 36.3 Å². The third-order valence-electron chi connectivity index (χ3n) is 5.65. The van der Waals surface area contributed by atoms with Crippen molar-refractivity contribution in [3.05, 3.63) is 101 Å². The Kier molecular flexibility index (Phi) is 5.83. The van der Waals surface area contributed by atoms with E-state index in [1.54, 1.807) is 19.1 Å². The van der Waals surface area contributed by atoms with Crippen molar-refractivity contribution in [2.75, 3.05) is 13.2 Å². The van der Waals surface area contributed by atoms with Gasteiger partial charge in [0.25, 0.3) is 5.91 Å². The SMILES string of the molecule is Cc1cc(C#CC2COC2)cc(C(=O)NC(c2cc3ccccc3[nH]2)c2cc(F)ccc2F)n1. The van der Waals surface area contributed by atoms with Gasteiger partial charge < -0.3 is 15.0 Å². The van der Waals surface area contributed by atoms with Gasteiger partial charge in [-0.05, 0) is 54.8 Å². The van der Waals surface area contributed by atoms with Crippen LogP contribution in [0.2, 0.25) is 0 Å². The van der Waals surface area contributed by atoms with E-state index in [2.05, 4.69) is 27.1 Å². The number of benzene rings is 2. The number of H-pyrrole nitrogens is 1. The van der Waals surface area contributed by atoms with Crippen molar-refractivity contribution < 1.29 is 18.3 Å². The standard InChI is InChI=1S/C27H21F2N3O2/c1-16-10-17(6-7-18-14-34-15-18)11-25(30-16)27(33)32-26(21-13-20(28)8-9-22(21)29)24-12-19-4-2-3-5-23(19)31-24/h2-5,8-13,18,26,31H,14-15H2,1H3,(H,32,33). The first-order valence-corrected chi connectivity index (χ1v) is 10.9. The topological polar surface area (TPSA) is 67.0 Å². The van der Waals surface area contributed by atoms with Gasteiger partial charge in [-0.3, -0.25) is 4.79 Å². The summed E-state index contributed by atoms with van der Waals surface area (Å²) >= 11 is 0. The van der Waals surface area contributed by atoms with Crippen molar-refractivity contribution in [1.29, 1.82) is 0 Å². The number of para-hydroxylation sites is 1. The quantitative estimate of drug-likeness (QED) is 0.438. The van der Waals surface area contributed by atoms with Crippen LogP contribution in [-0.4, -0.2) is 29.1 Å². The molecule has 0 aliphatic carbocycles. The van der Waals surface area contributed by atoms with Crippen LogP contribution in [0.3, 0.4) is 0 Å². The summed E-state index contributed by atoms with van der Waals surface area (Å²) in [6.45, 7) is 2.99. The first-order valence-electron chi connectivity index (χ1n) is 10.9. The van der Waals surface area contributed by atoms with Crippen molar-refractivity contribution >= 4 is 16.8 Å². The Bertz CT molecular complexity index is 1410. The Hall–Kier alpha value is -4.02. The number of aromatic amines is 1. The highest BCUT2D eigenvalue weighted by Crippen LogP contribution is 2.28. The summed E-state index contributed by atoms with van der Waals surface area (Å²) < 4.78 is 34.0. The summed E-state index contributed by atoms with van der Waals surface area (Å²) in [5, 5.41) is 3.72. The first-order chi connectivity index (χ1) is 16.5. The van der Waals surface area contributed by atoms with Crippen LogP contribution in [0.1, 0.15) is 39.0 Å². The first kappa shape index (κ1) is 21.8. The van der Waals surface area contributed by atoms with E-state index in [-0.39, 0.29) is 17.2 Å². The van der Waals surface area contributed by atoms with Gasteiger partial charge in [0, 0.05) is 28.0 Å². The van der Waals surface area contributed by atoms with E-state index in [4.69, 9.17) is 4.74 Å². The molecule has 0 saturated carbocycles. The fourth-order valence-electron chi connectivity index (χ4n) is 3.88. The molecule has 170 valence electrons. The molecule has 1 amide bonds. The zero-order chi connectivity index (χ0) is 23.7. The summed E-state index contributed by atoms with van der Waals surface area (Å²) in [7, 11) is 0. The second kappa shape index (κ2) is 9.08. The summed E-state index contributed by atoms with van der Waals surface area (Å²) in [6, 6.07) is 15.0. The third-order valence-corrected chi connectivity index (χ3v) is 5.65. The van der Waals surface area contributed by atoms with Gasteiger partial charge in [0.05, 0.1) is 25.2 Å². The van der Waals surface area contributed by atoms with Crippen molar-refractivity contribution in [2.24, 2.45) is 5.92 Å². The number of carbonyl (C=O) groups excluding carboxylic acids is 1. The minimum atomic E-state index is -0.959. The van der Waals surface area contributed by atoms with Crippen LogP contribution >= 0.6 is 0 Å². The lowest BCUT2D eigenvalue weighted by Crippen LogP contribution is -2.31. The Labute approximate surface area is 195 Å². The summed E-state index contributed by atoms with van der Waals surface area (Å²) in [4.78, 5) is 20.8. The Morgan fingerprint density at radius 1 is 1.15 bits per heavy atom. The molecule has 34 heavy (non-hydrogen) atoms. The number of nitrogens with one attached hydrogen (secondary N) is 2. The van der Waals surface area contributed by atoms with Gasteiger partial charge in [0.15, 0.2) is 0 Å². The van der Waals surface area contributed by atoms with Gasteiger partial charge in [-0.15, -0.1) is 0 Å². The van der Waals surface area contributed by atoms with Crippen LogP contribution in [0.15, 0.2) is 60.7 Å². The van der Waals surface area contributed by atoms with E-state index in [1.165, 1.54) is 0 Å². The van der Waals surface area contributed by atoms with Gasteiger partial charge in [0.1, 0.15) is 17.3 Å². The molecule has 7 heteroatoms. The average molecular weight is 457 g/mol. The van der Waals surface area contributed by atoms with Crippen LogP contribution in [0.5, 0.6) is 0 Å². The maximum absolute atomic E-state index is 14.8. The smallest absolute Gasteiger partial charge is 0.270 e. The number of pyridine rings is 1. The molecule has 1 aliphatic rings. The zero-order valence-electron chi connectivity index (χ0n) is 18.4. The van der Waals surface area contributed by atoms with Gasteiger partial charge in [-0.2, -0.15) is 0 Å². The number of nitrogens with zero attached hydrogens (tertiary/aromatic N) is 1. The number of halogens is 2. The number of fused-ring (bicyclic) bond motifs is 1. The molecule has 0 bridgehead atoms. The lowest BCUT2D eigenvalue weighted by molar-refractivity contribution is -0.00300. The number of hydrogen-bond acceptors (Lipinski definition) is 3. The van der Waals surface area contributed by atoms with Crippen molar-refractivity contribution in [2.45, 2.75) is 13.0 Å². The molecule has 1 fully saturated rings. The molecule has 1 aliphatic heterocycles. The summed E-state index contributed by atoms with van der Waals surface area (Å²) in [5.41, 5.74) is 2.78. The second-order valence-corrected chi connectivity index (χ2v) is 8.27. The molecule has 1 unspecified atom stereocenters. The molecule has 5 nitrogen and oxygen atoms in total. The fraction of sp³-hybridized carbons (Fsp3) is 0.185. The fourth-order valence-corrected chi connectivity index (χ4v) is 3.88. The van der Waals surface area contributed by atoms with E-state index < -0.39 is 23.6 Å². The number of aromatic nitrogens is 2. The Morgan fingerprint density at radius 2 is 1.97 bits per heavy atom. The number of ether oxygens (including phenoxy) is 1. The minimum absolute atomic E-state index is 0.0116. The molecule has 2 aromatic heterocycles. The monoisotopic (exact) mass is 457 g/mol. The number of rotatable bonds is 4. The normalized spacial score (nSPS) is 14.2. The highest BCUT2D eigenvalue weighted by Gasteiger charge is 2.24. The van der Waals surface area contributed by atoms with E-state index in [0.29, 0.717) is 30.2 Å². The average Bonchev–Trinajstić information content (AvgIpc) is 3.21. The molecule has 4 aromatic rings. The molecule has 2 aromatic carbocycles. The second-order valence-electron chi connectivity index (χ2n) is 8.27. The number of carbonyl (C=O) groups is 1. The van der Waals surface area contributed by atoms with Crippen LogP contribution in [0.4, 0.5) is 8.78 Å². The molecule has 1 atom stereocenters. The molecular weight excluding hydrogens is 436 g/mol. The number of amides is 1. The molecule has 3 heterocycles. The lowest BCUT2D eigenvalue weighted by Gasteiger charge is -2.20. The molecule has 0 spiro atoms. The number of hydrogen-bond donors (Lipinski definition) is 2. The van der Waals surface area contributed by atoms with Crippen LogP contribution in [-0.2, 0) is 4.74 Å². The summed E-state index contributed by atoms with van der Waals surface area (Å²) in [5.74, 6) is 4.63. The maximum atomic E-state index is 14.8. The molecule has 2 N–H and O–H groups in total. The molecule has 0 radical (unpaired) electrons. The van der Waals surface area contributed by atoms with Gasteiger partial charge >= 0.3 is 0 Å². The van der Waals surface area contributed by atoms with Crippen molar-refractivity contribution in [1.82, 2.24) is 15.3 Å². The van der Waals surface area contributed by atoms with E-state index in [9.17, 15) is 13.6 Å². The minimum Gasteiger partial charge on any atom is -0.379 e. The van der Waals surface area contributed by atoms with Gasteiger partial charge in [-0.25, -0.2) is 13.8 Å². The Morgan fingerprint density at radius 3 is 2.74 bits per heavy atom. The Balaban J connectivity index is 1.51. The number of aryl methyl sites for hydroxylation is 1. The van der Waals surface area contributed by atoms with Crippen molar-refractivity contribution in [3.63, 3.8) is 0 Å². The maximum Gasteiger partial charge on any atom is 0.270 e. The zero-order valence-corrected chi connectivity index (χ0v) is 18.4. The van der Waals surface area contributed by atoms with E-state index in [1.807, 2.05) is 30.3 Å². The van der Waals surface area contributed by atoms with E-state index >= 15 is 0 Å². The molecular formula is C27H21F2N3O2. The lowest BCUT2D eigenvalue weighted by atomic mass is 10.0. The molecule has 5 rings (SSSR count). The highest BCUT2D eigenvalue weighted by atomic mass is 19.1. The van der Waals surface area contributed by atoms with E-state index in [0.717, 1.165) is 29.1 Å².